The van der Waals surface area contributed by atoms with E-state index in [4.69, 9.17) is 0 Å². The fourth-order valence-corrected chi connectivity index (χ4v) is 2.44. The van der Waals surface area contributed by atoms with Gasteiger partial charge in [0.05, 0.1) is 0 Å². The molecular weight excluding hydrogens is 198 g/mol. The van der Waals surface area contributed by atoms with Gasteiger partial charge in [0.15, 0.2) is 0 Å². The molecule has 0 aliphatic rings. The highest BCUT2D eigenvalue weighted by Crippen LogP contribution is 2.24. The third-order valence-corrected chi connectivity index (χ3v) is 3.18. The van der Waals surface area contributed by atoms with Gasteiger partial charge in [-0.3, -0.25) is 4.79 Å². The van der Waals surface area contributed by atoms with Crippen LogP contribution in [0.1, 0.15) is 68.8 Å². The standard InChI is InChI=1S/C14H23NO/c1-7-11-10(6)12(8(2)3)14(16)15-13(11)9(4)5/h8-9H,7H2,1-6H3,(H,15,16). The van der Waals surface area contributed by atoms with E-state index in [2.05, 4.69) is 46.5 Å². The van der Waals surface area contributed by atoms with Gasteiger partial charge in [0.1, 0.15) is 0 Å². The van der Waals surface area contributed by atoms with Crippen molar-refractivity contribution < 1.29 is 0 Å². The van der Waals surface area contributed by atoms with E-state index in [1.54, 1.807) is 0 Å². The predicted molar refractivity (Wildman–Crippen MR) is 69.4 cm³/mol. The van der Waals surface area contributed by atoms with Gasteiger partial charge in [-0.05, 0) is 36.3 Å². The van der Waals surface area contributed by atoms with Crippen molar-refractivity contribution in [3.05, 3.63) is 32.7 Å². The van der Waals surface area contributed by atoms with Crippen LogP contribution in [0.25, 0.3) is 0 Å². The zero-order valence-electron chi connectivity index (χ0n) is 11.3. The molecule has 90 valence electrons. The maximum atomic E-state index is 12.0. The van der Waals surface area contributed by atoms with Crippen molar-refractivity contribution in [1.29, 1.82) is 0 Å². The summed E-state index contributed by atoms with van der Waals surface area (Å²) in [5.41, 5.74) is 4.65. The van der Waals surface area contributed by atoms with E-state index in [0.717, 1.165) is 17.7 Å². The third kappa shape index (κ3) is 2.21. The Morgan fingerprint density at radius 1 is 1.12 bits per heavy atom. The summed E-state index contributed by atoms with van der Waals surface area (Å²) in [7, 11) is 0. The zero-order chi connectivity index (χ0) is 12.5. The summed E-state index contributed by atoms with van der Waals surface area (Å²) in [6.45, 7) is 12.6. The summed E-state index contributed by atoms with van der Waals surface area (Å²) in [4.78, 5) is 15.1. The molecule has 2 heteroatoms. The van der Waals surface area contributed by atoms with Crippen LogP contribution >= 0.6 is 0 Å². The molecule has 1 aromatic rings. The minimum absolute atomic E-state index is 0.0911. The molecule has 0 aromatic carbocycles. The largest absolute Gasteiger partial charge is 0.325 e. The van der Waals surface area contributed by atoms with Crippen LogP contribution in [0.3, 0.4) is 0 Å². The molecule has 2 nitrogen and oxygen atoms in total. The lowest BCUT2D eigenvalue weighted by molar-refractivity contribution is 0.758. The number of aromatic nitrogens is 1. The molecule has 0 radical (unpaired) electrons. The van der Waals surface area contributed by atoms with Crippen LogP contribution in [0.4, 0.5) is 0 Å². The normalized spacial score (nSPS) is 11.5. The van der Waals surface area contributed by atoms with E-state index in [1.165, 1.54) is 11.1 Å². The Balaban J connectivity index is 3.56. The molecule has 16 heavy (non-hydrogen) atoms. The Labute approximate surface area is 98.1 Å². The highest BCUT2D eigenvalue weighted by Gasteiger charge is 2.16. The van der Waals surface area contributed by atoms with E-state index >= 15 is 0 Å². The Bertz CT molecular complexity index is 427. The van der Waals surface area contributed by atoms with Crippen LogP contribution in [-0.2, 0) is 6.42 Å². The lowest BCUT2D eigenvalue weighted by Crippen LogP contribution is -2.21. The van der Waals surface area contributed by atoms with Crippen LogP contribution in [0.15, 0.2) is 4.79 Å². The molecule has 0 atom stereocenters. The average molecular weight is 221 g/mol. The van der Waals surface area contributed by atoms with Gasteiger partial charge in [-0.1, -0.05) is 34.6 Å². The van der Waals surface area contributed by atoms with Crippen LogP contribution in [-0.4, -0.2) is 4.98 Å². The van der Waals surface area contributed by atoms with Crippen molar-refractivity contribution in [3.63, 3.8) is 0 Å². The number of hydrogen-bond donors (Lipinski definition) is 1. The molecular formula is C14H23NO. The van der Waals surface area contributed by atoms with Gasteiger partial charge in [0.25, 0.3) is 5.56 Å². The second-order valence-electron chi connectivity index (χ2n) is 5.05. The molecule has 0 saturated carbocycles. The Kier molecular flexibility index (Phi) is 3.95. The number of nitrogens with one attached hydrogen (secondary N) is 1. The summed E-state index contributed by atoms with van der Waals surface area (Å²) >= 11 is 0. The highest BCUT2D eigenvalue weighted by atomic mass is 16.1. The van der Waals surface area contributed by atoms with Crippen LogP contribution in [0.2, 0.25) is 0 Å². The van der Waals surface area contributed by atoms with Crippen molar-refractivity contribution in [2.24, 2.45) is 0 Å². The Hall–Kier alpha value is -1.05. The fourth-order valence-electron chi connectivity index (χ4n) is 2.44. The van der Waals surface area contributed by atoms with Crippen molar-refractivity contribution in [2.75, 3.05) is 0 Å². The molecule has 0 unspecified atom stereocenters. The van der Waals surface area contributed by atoms with Gasteiger partial charge in [-0.25, -0.2) is 0 Å². The van der Waals surface area contributed by atoms with Gasteiger partial charge in [0, 0.05) is 11.3 Å². The second kappa shape index (κ2) is 4.86. The molecule has 1 heterocycles. The maximum absolute atomic E-state index is 12.0. The Morgan fingerprint density at radius 3 is 2.06 bits per heavy atom. The predicted octanol–water partition coefficient (Wildman–Crippen LogP) is 3.49. The Morgan fingerprint density at radius 2 is 1.69 bits per heavy atom. The zero-order valence-corrected chi connectivity index (χ0v) is 11.3. The molecule has 1 N–H and O–H groups in total. The summed E-state index contributed by atoms with van der Waals surface area (Å²) in [6, 6.07) is 0. The minimum atomic E-state index is 0.0911. The number of pyridine rings is 1. The highest BCUT2D eigenvalue weighted by molar-refractivity contribution is 5.38. The molecule has 0 aliphatic heterocycles. The first-order valence-corrected chi connectivity index (χ1v) is 6.15. The first kappa shape index (κ1) is 13.0. The molecule has 0 bridgehead atoms. The smallest absolute Gasteiger partial charge is 0.251 e. The molecule has 0 fully saturated rings. The van der Waals surface area contributed by atoms with Crippen molar-refractivity contribution in [1.82, 2.24) is 4.98 Å². The van der Waals surface area contributed by atoms with E-state index in [-0.39, 0.29) is 11.5 Å². The average Bonchev–Trinajstić information content (AvgIpc) is 2.16. The van der Waals surface area contributed by atoms with Crippen LogP contribution < -0.4 is 5.56 Å². The van der Waals surface area contributed by atoms with Crippen molar-refractivity contribution in [2.45, 2.75) is 59.8 Å². The van der Waals surface area contributed by atoms with E-state index in [0.29, 0.717) is 5.92 Å². The summed E-state index contributed by atoms with van der Waals surface area (Å²) in [5.74, 6) is 0.665. The van der Waals surface area contributed by atoms with Crippen molar-refractivity contribution >= 4 is 0 Å². The topological polar surface area (TPSA) is 32.9 Å². The number of rotatable bonds is 3. The first-order chi connectivity index (χ1) is 7.40. The summed E-state index contributed by atoms with van der Waals surface area (Å²) in [5, 5.41) is 0. The quantitative estimate of drug-likeness (QED) is 0.832. The first-order valence-electron chi connectivity index (χ1n) is 6.15. The number of H-pyrrole nitrogens is 1. The molecule has 0 aliphatic carbocycles. The monoisotopic (exact) mass is 221 g/mol. The van der Waals surface area contributed by atoms with E-state index in [9.17, 15) is 4.79 Å². The SMILES string of the molecule is CCc1c(C(C)C)[nH]c(=O)c(C(C)C)c1C. The number of hydrogen-bond acceptors (Lipinski definition) is 1. The van der Waals surface area contributed by atoms with E-state index in [1.807, 2.05) is 0 Å². The molecule has 0 amide bonds. The van der Waals surface area contributed by atoms with Gasteiger partial charge < -0.3 is 4.98 Å². The van der Waals surface area contributed by atoms with Crippen LogP contribution in [0, 0.1) is 6.92 Å². The second-order valence-corrected chi connectivity index (χ2v) is 5.05. The molecule has 1 rings (SSSR count). The van der Waals surface area contributed by atoms with Gasteiger partial charge in [0.2, 0.25) is 0 Å². The van der Waals surface area contributed by atoms with Gasteiger partial charge in [-0.2, -0.15) is 0 Å². The molecule has 1 aromatic heterocycles. The molecule has 0 spiro atoms. The minimum Gasteiger partial charge on any atom is -0.325 e. The lowest BCUT2D eigenvalue weighted by Gasteiger charge is -2.18. The molecule has 0 saturated heterocycles. The lowest BCUT2D eigenvalue weighted by atomic mass is 9.91. The van der Waals surface area contributed by atoms with Crippen LogP contribution in [0.5, 0.6) is 0 Å². The number of aromatic amines is 1. The van der Waals surface area contributed by atoms with E-state index < -0.39 is 0 Å². The summed E-state index contributed by atoms with van der Waals surface area (Å²) < 4.78 is 0. The fraction of sp³-hybridized carbons (Fsp3) is 0.643. The third-order valence-electron chi connectivity index (χ3n) is 3.18. The maximum Gasteiger partial charge on any atom is 0.251 e. The van der Waals surface area contributed by atoms with Gasteiger partial charge >= 0.3 is 0 Å². The van der Waals surface area contributed by atoms with Crippen molar-refractivity contribution in [3.8, 4) is 0 Å². The summed E-state index contributed by atoms with van der Waals surface area (Å²) in [6.07, 6.45) is 0.982. The van der Waals surface area contributed by atoms with Gasteiger partial charge in [-0.15, -0.1) is 0 Å².